The van der Waals surface area contributed by atoms with Crippen LogP contribution in [0.25, 0.3) is 44.2 Å². The summed E-state index contributed by atoms with van der Waals surface area (Å²) in [6, 6.07) is 28.6. The minimum atomic E-state index is -0.230. The van der Waals surface area contributed by atoms with E-state index >= 15 is 0 Å². The van der Waals surface area contributed by atoms with Gasteiger partial charge in [0.1, 0.15) is 22.3 Å². The molecule has 3 nitrogen and oxygen atoms in total. The van der Waals surface area contributed by atoms with E-state index in [9.17, 15) is 9.90 Å². The van der Waals surface area contributed by atoms with Crippen LogP contribution in [0.1, 0.15) is 0 Å². The molecule has 5 aromatic rings. The molecular weight excluding hydrogens is 348 g/mol. The average molecular weight is 364 g/mol. The first kappa shape index (κ1) is 16.3. The maximum atomic E-state index is 13.1. The summed E-state index contributed by atoms with van der Waals surface area (Å²) < 4.78 is 6.00. The molecule has 0 aliphatic rings. The van der Waals surface area contributed by atoms with Crippen LogP contribution < -0.4 is 5.43 Å². The average Bonchev–Trinajstić information content (AvgIpc) is 2.74. The molecule has 1 N–H and O–H groups in total. The molecule has 0 saturated carbocycles. The standard InChI is InChI=1S/C25H16O3/c26-21-12-7-13-22-24(21)25(27)20-14-18(16-8-3-1-4-9-16)19(15-23(20)28-22)17-10-5-2-6-11-17/h1-15,26H. The smallest absolute Gasteiger partial charge is 0.204 e. The molecule has 0 spiro atoms. The quantitative estimate of drug-likeness (QED) is 0.392. The molecular formula is C25H16O3. The number of phenols is 1. The van der Waals surface area contributed by atoms with Crippen LogP contribution in [0.3, 0.4) is 0 Å². The molecule has 1 heterocycles. The van der Waals surface area contributed by atoms with Gasteiger partial charge >= 0.3 is 0 Å². The first-order chi connectivity index (χ1) is 13.7. The maximum absolute atomic E-state index is 13.1. The van der Waals surface area contributed by atoms with Crippen LogP contribution in [0.5, 0.6) is 5.75 Å². The van der Waals surface area contributed by atoms with Crippen LogP contribution in [-0.4, -0.2) is 5.11 Å². The summed E-state index contributed by atoms with van der Waals surface area (Å²) >= 11 is 0. The summed E-state index contributed by atoms with van der Waals surface area (Å²) in [6.07, 6.45) is 0. The van der Waals surface area contributed by atoms with Crippen molar-refractivity contribution in [2.24, 2.45) is 0 Å². The molecule has 0 amide bonds. The highest BCUT2D eigenvalue weighted by atomic mass is 16.3. The van der Waals surface area contributed by atoms with Gasteiger partial charge in [-0.3, -0.25) is 4.79 Å². The Morgan fingerprint density at radius 1 is 0.643 bits per heavy atom. The SMILES string of the molecule is O=c1c2cc(-c3ccccc3)c(-c3ccccc3)cc2oc2cccc(O)c12. The zero-order valence-corrected chi connectivity index (χ0v) is 14.9. The number of benzene rings is 4. The Balaban J connectivity index is 1.93. The van der Waals surface area contributed by atoms with Crippen molar-refractivity contribution in [2.45, 2.75) is 0 Å². The van der Waals surface area contributed by atoms with Crippen LogP contribution in [0.4, 0.5) is 0 Å². The summed E-state index contributed by atoms with van der Waals surface area (Å²) in [5.41, 5.74) is 4.64. The summed E-state index contributed by atoms with van der Waals surface area (Å²) in [5.74, 6) is -0.0680. The third kappa shape index (κ3) is 2.57. The van der Waals surface area contributed by atoms with Crippen LogP contribution in [0.15, 0.2) is 100 Å². The minimum Gasteiger partial charge on any atom is -0.507 e. The third-order valence-corrected chi connectivity index (χ3v) is 4.99. The van der Waals surface area contributed by atoms with Gasteiger partial charge in [0, 0.05) is 0 Å². The van der Waals surface area contributed by atoms with Crippen molar-refractivity contribution < 1.29 is 9.52 Å². The van der Waals surface area contributed by atoms with E-state index in [4.69, 9.17) is 4.42 Å². The summed E-state index contributed by atoms with van der Waals surface area (Å²) in [7, 11) is 0. The fourth-order valence-electron chi connectivity index (χ4n) is 3.64. The lowest BCUT2D eigenvalue weighted by Gasteiger charge is -2.12. The number of hydrogen-bond donors (Lipinski definition) is 1. The van der Waals surface area contributed by atoms with E-state index in [1.807, 2.05) is 72.8 Å². The van der Waals surface area contributed by atoms with E-state index in [0.717, 1.165) is 22.3 Å². The summed E-state index contributed by atoms with van der Waals surface area (Å²) in [4.78, 5) is 13.1. The van der Waals surface area contributed by atoms with Gasteiger partial charge in [-0.25, -0.2) is 0 Å². The molecule has 1 aromatic heterocycles. The number of rotatable bonds is 2. The van der Waals surface area contributed by atoms with Crippen LogP contribution in [0.2, 0.25) is 0 Å². The number of aromatic hydroxyl groups is 1. The normalized spacial score (nSPS) is 11.1. The Morgan fingerprint density at radius 2 is 1.25 bits per heavy atom. The third-order valence-electron chi connectivity index (χ3n) is 4.99. The zero-order chi connectivity index (χ0) is 19.1. The Bertz CT molecular complexity index is 1370. The van der Waals surface area contributed by atoms with E-state index < -0.39 is 0 Å². The van der Waals surface area contributed by atoms with E-state index in [2.05, 4.69) is 0 Å². The second-order valence-corrected chi connectivity index (χ2v) is 6.71. The highest BCUT2D eigenvalue weighted by Crippen LogP contribution is 2.36. The van der Waals surface area contributed by atoms with Crippen molar-refractivity contribution in [1.82, 2.24) is 0 Å². The number of phenolic OH excluding ortho intramolecular Hbond substituents is 1. The van der Waals surface area contributed by atoms with Crippen LogP contribution in [-0.2, 0) is 0 Å². The molecule has 0 unspecified atom stereocenters. The van der Waals surface area contributed by atoms with Crippen molar-refractivity contribution in [2.75, 3.05) is 0 Å². The Hall–Kier alpha value is -3.85. The lowest BCUT2D eigenvalue weighted by molar-refractivity contribution is 0.480. The van der Waals surface area contributed by atoms with E-state index in [1.165, 1.54) is 6.07 Å². The van der Waals surface area contributed by atoms with E-state index in [1.54, 1.807) is 12.1 Å². The van der Waals surface area contributed by atoms with Crippen molar-refractivity contribution in [3.05, 3.63) is 101 Å². The monoisotopic (exact) mass is 364 g/mol. The predicted octanol–water partition coefficient (Wildman–Crippen LogP) is 5.99. The molecule has 134 valence electrons. The highest BCUT2D eigenvalue weighted by molar-refractivity contribution is 5.99. The minimum absolute atomic E-state index is 0.0680. The number of hydrogen-bond acceptors (Lipinski definition) is 3. The van der Waals surface area contributed by atoms with Gasteiger partial charge in [-0.1, -0.05) is 66.7 Å². The van der Waals surface area contributed by atoms with Crippen LogP contribution in [0, 0.1) is 0 Å². The highest BCUT2D eigenvalue weighted by Gasteiger charge is 2.16. The fourth-order valence-corrected chi connectivity index (χ4v) is 3.64. The predicted molar refractivity (Wildman–Crippen MR) is 113 cm³/mol. The van der Waals surface area contributed by atoms with Gasteiger partial charge in [-0.05, 0) is 46.5 Å². The molecule has 4 aromatic carbocycles. The van der Waals surface area contributed by atoms with Gasteiger partial charge in [-0.15, -0.1) is 0 Å². The molecule has 28 heavy (non-hydrogen) atoms. The zero-order valence-electron chi connectivity index (χ0n) is 14.9. The first-order valence-corrected chi connectivity index (χ1v) is 9.06. The lowest BCUT2D eigenvalue weighted by atomic mass is 9.92. The lowest BCUT2D eigenvalue weighted by Crippen LogP contribution is -2.03. The first-order valence-electron chi connectivity index (χ1n) is 9.06. The Morgan fingerprint density at radius 3 is 1.89 bits per heavy atom. The number of fused-ring (bicyclic) bond motifs is 2. The van der Waals surface area contributed by atoms with Gasteiger partial charge in [0.05, 0.1) is 5.39 Å². The van der Waals surface area contributed by atoms with Crippen molar-refractivity contribution in [1.29, 1.82) is 0 Å². The molecule has 0 saturated heterocycles. The van der Waals surface area contributed by atoms with Gasteiger partial charge in [0.15, 0.2) is 0 Å². The largest absolute Gasteiger partial charge is 0.507 e. The van der Waals surface area contributed by atoms with Crippen LogP contribution >= 0.6 is 0 Å². The van der Waals surface area contributed by atoms with Crippen molar-refractivity contribution in [3.8, 4) is 28.0 Å². The van der Waals surface area contributed by atoms with Gasteiger partial charge in [-0.2, -0.15) is 0 Å². The molecule has 0 bridgehead atoms. The molecule has 3 heteroatoms. The molecule has 5 rings (SSSR count). The Kier molecular flexibility index (Phi) is 3.73. The summed E-state index contributed by atoms with van der Waals surface area (Å²) in [6.45, 7) is 0. The Labute approximate surface area is 161 Å². The van der Waals surface area contributed by atoms with E-state index in [0.29, 0.717) is 16.6 Å². The van der Waals surface area contributed by atoms with E-state index in [-0.39, 0.29) is 16.6 Å². The molecule has 0 aliphatic carbocycles. The second kappa shape index (κ2) is 6.39. The van der Waals surface area contributed by atoms with Gasteiger partial charge in [0.25, 0.3) is 0 Å². The molecule has 0 aliphatic heterocycles. The second-order valence-electron chi connectivity index (χ2n) is 6.71. The van der Waals surface area contributed by atoms with Crippen molar-refractivity contribution in [3.63, 3.8) is 0 Å². The van der Waals surface area contributed by atoms with Gasteiger partial charge < -0.3 is 9.52 Å². The topological polar surface area (TPSA) is 50.4 Å². The molecule has 0 radical (unpaired) electrons. The molecule has 0 fully saturated rings. The van der Waals surface area contributed by atoms with Gasteiger partial charge in [0.2, 0.25) is 5.43 Å². The molecule has 0 atom stereocenters. The maximum Gasteiger partial charge on any atom is 0.204 e. The van der Waals surface area contributed by atoms with Crippen molar-refractivity contribution >= 4 is 21.9 Å². The summed E-state index contributed by atoms with van der Waals surface area (Å²) in [5, 5.41) is 10.8. The fraction of sp³-hybridized carbons (Fsp3) is 0.